The van der Waals surface area contributed by atoms with Crippen molar-refractivity contribution >= 4 is 11.6 Å². The van der Waals surface area contributed by atoms with E-state index in [0.29, 0.717) is 19.1 Å². The van der Waals surface area contributed by atoms with Gasteiger partial charge in [-0.25, -0.2) is 0 Å². The first kappa shape index (κ1) is 18.3. The van der Waals surface area contributed by atoms with Crippen LogP contribution in [-0.2, 0) is 18.9 Å². The summed E-state index contributed by atoms with van der Waals surface area (Å²) >= 11 is 6.03. The van der Waals surface area contributed by atoms with Crippen molar-refractivity contribution in [2.24, 2.45) is 0 Å². The van der Waals surface area contributed by atoms with Crippen molar-refractivity contribution in [3.8, 4) is 11.5 Å². The van der Waals surface area contributed by atoms with Crippen LogP contribution in [0.4, 0.5) is 0 Å². The SMILES string of the molecule is CCOc1ccc(Cc2cc(CCl)ccc2OCc2ccccc2)cc1. The predicted octanol–water partition coefficient (Wildman–Crippen LogP) is 5.99. The van der Waals surface area contributed by atoms with Crippen LogP contribution in [0.1, 0.15) is 29.2 Å². The fourth-order valence-corrected chi connectivity index (χ4v) is 2.99. The van der Waals surface area contributed by atoms with E-state index in [1.807, 2.05) is 49.4 Å². The molecule has 3 rings (SSSR count). The molecule has 134 valence electrons. The van der Waals surface area contributed by atoms with Gasteiger partial charge in [-0.3, -0.25) is 0 Å². The van der Waals surface area contributed by atoms with Gasteiger partial charge in [0, 0.05) is 12.3 Å². The zero-order valence-electron chi connectivity index (χ0n) is 15.0. The van der Waals surface area contributed by atoms with Crippen LogP contribution in [-0.4, -0.2) is 6.61 Å². The predicted molar refractivity (Wildman–Crippen MR) is 107 cm³/mol. The lowest BCUT2D eigenvalue weighted by Crippen LogP contribution is -2.00. The highest BCUT2D eigenvalue weighted by atomic mass is 35.5. The summed E-state index contributed by atoms with van der Waals surface area (Å²) in [6, 6.07) is 24.6. The molecule has 0 fully saturated rings. The minimum Gasteiger partial charge on any atom is -0.494 e. The Labute approximate surface area is 160 Å². The van der Waals surface area contributed by atoms with E-state index in [1.165, 1.54) is 5.56 Å². The van der Waals surface area contributed by atoms with Crippen LogP contribution in [0.25, 0.3) is 0 Å². The third kappa shape index (κ3) is 5.03. The molecule has 2 nitrogen and oxygen atoms in total. The Bertz CT molecular complexity index is 813. The van der Waals surface area contributed by atoms with E-state index in [2.05, 4.69) is 30.3 Å². The van der Waals surface area contributed by atoms with Crippen LogP contribution in [0.15, 0.2) is 72.8 Å². The number of rotatable bonds is 8. The molecule has 0 aliphatic heterocycles. The summed E-state index contributed by atoms with van der Waals surface area (Å²) < 4.78 is 11.6. The number of hydrogen-bond donors (Lipinski definition) is 0. The molecule has 0 radical (unpaired) electrons. The molecule has 26 heavy (non-hydrogen) atoms. The minimum atomic E-state index is 0.495. The van der Waals surface area contributed by atoms with Crippen molar-refractivity contribution in [1.82, 2.24) is 0 Å². The summed E-state index contributed by atoms with van der Waals surface area (Å²) in [5.74, 6) is 2.29. The summed E-state index contributed by atoms with van der Waals surface area (Å²) in [5.41, 5.74) is 4.61. The van der Waals surface area contributed by atoms with Crippen molar-refractivity contribution in [2.75, 3.05) is 6.61 Å². The average molecular weight is 367 g/mol. The van der Waals surface area contributed by atoms with Gasteiger partial charge in [0.15, 0.2) is 0 Å². The molecular formula is C23H23ClO2. The molecule has 0 atom stereocenters. The molecule has 0 aliphatic carbocycles. The topological polar surface area (TPSA) is 18.5 Å². The molecule has 0 spiro atoms. The largest absolute Gasteiger partial charge is 0.494 e. The van der Waals surface area contributed by atoms with Crippen LogP contribution >= 0.6 is 11.6 Å². The molecular weight excluding hydrogens is 344 g/mol. The van der Waals surface area contributed by atoms with E-state index in [-0.39, 0.29) is 0 Å². The smallest absolute Gasteiger partial charge is 0.123 e. The lowest BCUT2D eigenvalue weighted by molar-refractivity contribution is 0.303. The van der Waals surface area contributed by atoms with Crippen LogP contribution in [0, 0.1) is 0 Å². The highest BCUT2D eigenvalue weighted by Crippen LogP contribution is 2.26. The molecule has 3 aromatic rings. The van der Waals surface area contributed by atoms with Gasteiger partial charge in [0.05, 0.1) is 6.61 Å². The number of halogens is 1. The standard InChI is InChI=1S/C23H23ClO2/c1-2-25-22-11-8-18(9-12-22)14-21-15-20(16-24)10-13-23(21)26-17-19-6-4-3-5-7-19/h3-13,15H,2,14,16-17H2,1H3. The molecule has 0 aromatic heterocycles. The maximum Gasteiger partial charge on any atom is 0.123 e. The van der Waals surface area contributed by atoms with Gasteiger partial charge in [0.2, 0.25) is 0 Å². The highest BCUT2D eigenvalue weighted by molar-refractivity contribution is 6.17. The fraction of sp³-hybridized carbons (Fsp3) is 0.217. The lowest BCUT2D eigenvalue weighted by Gasteiger charge is -2.13. The van der Waals surface area contributed by atoms with E-state index < -0.39 is 0 Å². The van der Waals surface area contributed by atoms with Crippen molar-refractivity contribution in [3.63, 3.8) is 0 Å². The van der Waals surface area contributed by atoms with Gasteiger partial charge in [-0.2, -0.15) is 0 Å². The Balaban J connectivity index is 1.77. The van der Waals surface area contributed by atoms with Crippen molar-refractivity contribution in [3.05, 3.63) is 95.1 Å². The Hall–Kier alpha value is -2.45. The van der Waals surface area contributed by atoms with Crippen molar-refractivity contribution in [2.45, 2.75) is 25.8 Å². The van der Waals surface area contributed by atoms with Crippen molar-refractivity contribution < 1.29 is 9.47 Å². The average Bonchev–Trinajstić information content (AvgIpc) is 2.69. The molecule has 0 saturated heterocycles. The highest BCUT2D eigenvalue weighted by Gasteiger charge is 2.08. The van der Waals surface area contributed by atoms with Crippen molar-refractivity contribution in [1.29, 1.82) is 0 Å². The maximum absolute atomic E-state index is 6.09. The summed E-state index contributed by atoms with van der Waals surface area (Å²) in [5, 5.41) is 0. The molecule has 0 saturated carbocycles. The van der Waals surface area contributed by atoms with Gasteiger partial charge < -0.3 is 9.47 Å². The van der Waals surface area contributed by atoms with Gasteiger partial charge in [-0.15, -0.1) is 11.6 Å². The minimum absolute atomic E-state index is 0.495. The maximum atomic E-state index is 6.09. The fourth-order valence-electron chi connectivity index (χ4n) is 2.82. The van der Waals surface area contributed by atoms with Crippen LogP contribution in [0.5, 0.6) is 11.5 Å². The first-order valence-electron chi connectivity index (χ1n) is 8.84. The third-order valence-electron chi connectivity index (χ3n) is 4.15. The number of ether oxygens (including phenoxy) is 2. The summed E-state index contributed by atoms with van der Waals surface area (Å²) in [7, 11) is 0. The number of hydrogen-bond acceptors (Lipinski definition) is 2. The Morgan fingerprint density at radius 2 is 1.50 bits per heavy atom. The first-order chi connectivity index (χ1) is 12.8. The molecule has 0 N–H and O–H groups in total. The zero-order chi connectivity index (χ0) is 18.2. The quantitative estimate of drug-likeness (QED) is 0.455. The first-order valence-corrected chi connectivity index (χ1v) is 9.38. The van der Waals surface area contributed by atoms with Crippen LogP contribution in [0.2, 0.25) is 0 Å². The Kier molecular flexibility index (Phi) is 6.56. The van der Waals surface area contributed by atoms with Gasteiger partial charge in [0.25, 0.3) is 0 Å². The monoisotopic (exact) mass is 366 g/mol. The van der Waals surface area contributed by atoms with E-state index in [1.54, 1.807) is 0 Å². The summed E-state index contributed by atoms with van der Waals surface area (Å²) in [6.45, 7) is 3.22. The molecule has 0 amide bonds. The molecule has 0 unspecified atom stereocenters. The van der Waals surface area contributed by atoms with E-state index in [9.17, 15) is 0 Å². The molecule has 3 heteroatoms. The molecule has 3 aromatic carbocycles. The summed E-state index contributed by atoms with van der Waals surface area (Å²) in [6.07, 6.45) is 0.793. The molecule has 0 bridgehead atoms. The van der Waals surface area contributed by atoms with Gasteiger partial charge in [0.1, 0.15) is 18.1 Å². The van der Waals surface area contributed by atoms with Gasteiger partial charge >= 0.3 is 0 Å². The van der Waals surface area contributed by atoms with Crippen LogP contribution in [0.3, 0.4) is 0 Å². The summed E-state index contributed by atoms with van der Waals surface area (Å²) in [4.78, 5) is 0. The normalized spacial score (nSPS) is 10.5. The second-order valence-electron chi connectivity index (χ2n) is 6.10. The second-order valence-corrected chi connectivity index (χ2v) is 6.37. The molecule has 0 aliphatic rings. The van der Waals surface area contributed by atoms with E-state index in [0.717, 1.165) is 34.6 Å². The van der Waals surface area contributed by atoms with Gasteiger partial charge in [-0.1, -0.05) is 54.6 Å². The lowest BCUT2D eigenvalue weighted by atomic mass is 10.0. The Morgan fingerprint density at radius 1 is 0.769 bits per heavy atom. The van der Waals surface area contributed by atoms with Gasteiger partial charge in [-0.05, 0) is 47.4 Å². The third-order valence-corrected chi connectivity index (χ3v) is 4.45. The second kappa shape index (κ2) is 9.30. The number of alkyl halides is 1. The zero-order valence-corrected chi connectivity index (χ0v) is 15.7. The molecule has 0 heterocycles. The van der Waals surface area contributed by atoms with Crippen LogP contribution < -0.4 is 9.47 Å². The van der Waals surface area contributed by atoms with E-state index in [4.69, 9.17) is 21.1 Å². The van der Waals surface area contributed by atoms with E-state index >= 15 is 0 Å². The number of benzene rings is 3. The Morgan fingerprint density at radius 3 is 2.19 bits per heavy atom.